The Kier molecular flexibility index (Phi) is 4.97. The molecule has 0 aliphatic heterocycles. The summed E-state index contributed by atoms with van der Waals surface area (Å²) >= 11 is 0. The minimum absolute atomic E-state index is 0.340. The van der Waals surface area contributed by atoms with Gasteiger partial charge in [0.25, 0.3) is 0 Å². The minimum Gasteiger partial charge on any atom is -0.496 e. The average Bonchev–Trinajstić information content (AvgIpc) is 2.34. The van der Waals surface area contributed by atoms with E-state index in [9.17, 15) is 4.79 Å². The molecule has 0 aliphatic rings. The highest BCUT2D eigenvalue weighted by molar-refractivity contribution is 5.76. The number of amides is 1. The standard InChI is InChI=1S/C13H19NO3/c1-9-10(2)12(17-3)5-4-11(9)6-7-14-13(16)8-15/h4-5,15H,6-8H2,1-3H3,(H,14,16). The van der Waals surface area contributed by atoms with Crippen LogP contribution in [0.4, 0.5) is 0 Å². The Labute approximate surface area is 102 Å². The third kappa shape index (κ3) is 3.46. The first-order valence-corrected chi connectivity index (χ1v) is 5.60. The van der Waals surface area contributed by atoms with Crippen molar-refractivity contribution in [1.29, 1.82) is 0 Å². The van der Waals surface area contributed by atoms with E-state index in [-0.39, 0.29) is 5.91 Å². The molecule has 0 heterocycles. The zero-order chi connectivity index (χ0) is 12.8. The number of carbonyl (C=O) groups excluding carboxylic acids is 1. The van der Waals surface area contributed by atoms with Gasteiger partial charge in [-0.1, -0.05) is 6.07 Å². The zero-order valence-electron chi connectivity index (χ0n) is 10.5. The molecule has 0 aliphatic carbocycles. The number of ether oxygens (including phenoxy) is 1. The second-order valence-corrected chi connectivity index (χ2v) is 3.94. The van der Waals surface area contributed by atoms with Gasteiger partial charge < -0.3 is 15.2 Å². The summed E-state index contributed by atoms with van der Waals surface area (Å²) in [4.78, 5) is 10.9. The maximum Gasteiger partial charge on any atom is 0.245 e. The molecule has 2 N–H and O–H groups in total. The Hall–Kier alpha value is -1.55. The predicted octanol–water partition coefficient (Wildman–Crippen LogP) is 0.963. The smallest absolute Gasteiger partial charge is 0.245 e. The average molecular weight is 237 g/mol. The highest BCUT2D eigenvalue weighted by atomic mass is 16.5. The van der Waals surface area contributed by atoms with E-state index in [1.807, 2.05) is 26.0 Å². The Morgan fingerprint density at radius 2 is 2.06 bits per heavy atom. The number of hydrogen-bond donors (Lipinski definition) is 2. The van der Waals surface area contributed by atoms with Crippen molar-refractivity contribution >= 4 is 5.91 Å². The van der Waals surface area contributed by atoms with E-state index in [0.29, 0.717) is 6.54 Å². The molecule has 1 amide bonds. The molecule has 0 bridgehead atoms. The molecule has 1 rings (SSSR count). The Morgan fingerprint density at radius 3 is 2.65 bits per heavy atom. The fourth-order valence-electron chi connectivity index (χ4n) is 1.74. The van der Waals surface area contributed by atoms with E-state index in [4.69, 9.17) is 9.84 Å². The van der Waals surface area contributed by atoms with Crippen molar-refractivity contribution in [2.24, 2.45) is 0 Å². The summed E-state index contributed by atoms with van der Waals surface area (Å²) in [6.07, 6.45) is 0.752. The molecule has 0 saturated heterocycles. The van der Waals surface area contributed by atoms with Gasteiger partial charge in [0, 0.05) is 6.54 Å². The predicted molar refractivity (Wildman–Crippen MR) is 66.3 cm³/mol. The van der Waals surface area contributed by atoms with E-state index in [1.165, 1.54) is 11.1 Å². The molecule has 4 nitrogen and oxygen atoms in total. The van der Waals surface area contributed by atoms with Crippen molar-refractivity contribution in [3.63, 3.8) is 0 Å². The van der Waals surface area contributed by atoms with E-state index in [0.717, 1.165) is 17.7 Å². The van der Waals surface area contributed by atoms with Gasteiger partial charge in [-0.15, -0.1) is 0 Å². The first kappa shape index (κ1) is 13.5. The summed E-state index contributed by atoms with van der Waals surface area (Å²) in [5.74, 6) is 0.540. The second kappa shape index (κ2) is 6.25. The van der Waals surface area contributed by atoms with Crippen LogP contribution in [0.3, 0.4) is 0 Å². The van der Waals surface area contributed by atoms with Crippen molar-refractivity contribution in [2.75, 3.05) is 20.3 Å². The number of methoxy groups -OCH3 is 1. The quantitative estimate of drug-likeness (QED) is 0.802. The summed E-state index contributed by atoms with van der Waals surface area (Å²) in [5, 5.41) is 11.2. The SMILES string of the molecule is COc1ccc(CCNC(=O)CO)c(C)c1C. The lowest BCUT2D eigenvalue weighted by Gasteiger charge is -2.12. The van der Waals surface area contributed by atoms with Crippen LogP contribution in [0.15, 0.2) is 12.1 Å². The van der Waals surface area contributed by atoms with E-state index >= 15 is 0 Å². The van der Waals surface area contributed by atoms with Gasteiger partial charge in [0.05, 0.1) is 7.11 Å². The Balaban J connectivity index is 2.66. The molecule has 0 spiro atoms. The van der Waals surface area contributed by atoms with Crippen LogP contribution in [0.1, 0.15) is 16.7 Å². The summed E-state index contributed by atoms with van der Waals surface area (Å²) in [5.41, 5.74) is 3.49. The third-order valence-electron chi connectivity index (χ3n) is 2.93. The van der Waals surface area contributed by atoms with Crippen LogP contribution in [0.2, 0.25) is 0 Å². The summed E-state index contributed by atoms with van der Waals surface area (Å²) in [7, 11) is 1.66. The van der Waals surface area contributed by atoms with Gasteiger partial charge in [0.15, 0.2) is 0 Å². The van der Waals surface area contributed by atoms with Gasteiger partial charge in [-0.05, 0) is 43.0 Å². The van der Waals surface area contributed by atoms with E-state index < -0.39 is 6.61 Å². The monoisotopic (exact) mass is 237 g/mol. The van der Waals surface area contributed by atoms with Crippen LogP contribution >= 0.6 is 0 Å². The van der Waals surface area contributed by atoms with Crippen molar-refractivity contribution in [3.8, 4) is 5.75 Å². The van der Waals surface area contributed by atoms with Crippen LogP contribution in [0, 0.1) is 13.8 Å². The van der Waals surface area contributed by atoms with E-state index in [2.05, 4.69) is 5.32 Å². The van der Waals surface area contributed by atoms with Crippen LogP contribution < -0.4 is 10.1 Å². The molecular weight excluding hydrogens is 218 g/mol. The first-order chi connectivity index (χ1) is 8.10. The van der Waals surface area contributed by atoms with Gasteiger partial charge in [-0.3, -0.25) is 4.79 Å². The molecule has 4 heteroatoms. The molecule has 0 aromatic heterocycles. The van der Waals surface area contributed by atoms with Gasteiger partial charge in [-0.25, -0.2) is 0 Å². The van der Waals surface area contributed by atoms with Gasteiger partial charge in [0.2, 0.25) is 5.91 Å². The molecule has 1 aromatic carbocycles. The number of carbonyl (C=O) groups is 1. The van der Waals surface area contributed by atoms with Crippen molar-refractivity contribution in [3.05, 3.63) is 28.8 Å². The lowest BCUT2D eigenvalue weighted by molar-refractivity contribution is -0.123. The van der Waals surface area contributed by atoms with Crippen LogP contribution in [0.5, 0.6) is 5.75 Å². The summed E-state index contributed by atoms with van der Waals surface area (Å²) in [6.45, 7) is 4.14. The minimum atomic E-state index is -0.458. The Morgan fingerprint density at radius 1 is 1.35 bits per heavy atom. The van der Waals surface area contributed by atoms with Crippen molar-refractivity contribution in [1.82, 2.24) is 5.32 Å². The fourth-order valence-corrected chi connectivity index (χ4v) is 1.74. The maximum atomic E-state index is 10.9. The molecule has 94 valence electrons. The van der Waals surface area contributed by atoms with Crippen LogP contribution in [-0.4, -0.2) is 31.3 Å². The Bertz CT molecular complexity index is 402. The van der Waals surface area contributed by atoms with Gasteiger partial charge in [0.1, 0.15) is 12.4 Å². The first-order valence-electron chi connectivity index (χ1n) is 5.60. The van der Waals surface area contributed by atoms with Crippen molar-refractivity contribution in [2.45, 2.75) is 20.3 Å². The summed E-state index contributed by atoms with van der Waals surface area (Å²) < 4.78 is 5.24. The lowest BCUT2D eigenvalue weighted by Crippen LogP contribution is -2.28. The molecule has 0 radical (unpaired) electrons. The topological polar surface area (TPSA) is 58.6 Å². The number of aliphatic hydroxyl groups is 1. The summed E-state index contributed by atoms with van der Waals surface area (Å²) in [6, 6.07) is 3.94. The van der Waals surface area contributed by atoms with E-state index in [1.54, 1.807) is 7.11 Å². The molecule has 1 aromatic rings. The van der Waals surface area contributed by atoms with Crippen molar-refractivity contribution < 1.29 is 14.6 Å². The van der Waals surface area contributed by atoms with Gasteiger partial charge >= 0.3 is 0 Å². The molecule has 0 atom stereocenters. The molecular formula is C13H19NO3. The zero-order valence-corrected chi connectivity index (χ0v) is 10.5. The molecule has 0 saturated carbocycles. The number of aliphatic hydroxyl groups excluding tert-OH is 1. The molecule has 0 fully saturated rings. The number of benzene rings is 1. The number of hydrogen-bond acceptors (Lipinski definition) is 3. The molecule has 17 heavy (non-hydrogen) atoms. The normalized spacial score (nSPS) is 10.1. The number of rotatable bonds is 5. The van der Waals surface area contributed by atoms with Gasteiger partial charge in [-0.2, -0.15) is 0 Å². The lowest BCUT2D eigenvalue weighted by atomic mass is 10.00. The van der Waals surface area contributed by atoms with Crippen LogP contribution in [0.25, 0.3) is 0 Å². The highest BCUT2D eigenvalue weighted by Gasteiger charge is 2.06. The maximum absolute atomic E-state index is 10.9. The third-order valence-corrected chi connectivity index (χ3v) is 2.93. The molecule has 0 unspecified atom stereocenters. The highest BCUT2D eigenvalue weighted by Crippen LogP contribution is 2.23. The van der Waals surface area contributed by atoms with Crippen LogP contribution in [-0.2, 0) is 11.2 Å². The second-order valence-electron chi connectivity index (χ2n) is 3.94. The number of nitrogens with one attached hydrogen (secondary N) is 1. The fraction of sp³-hybridized carbons (Fsp3) is 0.462. The largest absolute Gasteiger partial charge is 0.496 e.